The van der Waals surface area contributed by atoms with E-state index in [-0.39, 0.29) is 11.0 Å². The van der Waals surface area contributed by atoms with E-state index in [1.165, 1.54) is 0 Å². The average Bonchev–Trinajstić information content (AvgIpc) is 2.36. The monoisotopic (exact) mass is 366 g/mol. The van der Waals surface area contributed by atoms with Gasteiger partial charge in [0.25, 0.3) is 0 Å². The summed E-state index contributed by atoms with van der Waals surface area (Å²) in [6.07, 6.45) is 2.62. The van der Waals surface area contributed by atoms with Crippen LogP contribution >= 0.6 is 15.9 Å². The fraction of sp³-hybridized carbons (Fsp3) is 0.333. The molecule has 4 nitrogen and oxygen atoms in total. The molecule has 0 bridgehead atoms. The zero-order valence-corrected chi connectivity index (χ0v) is 12.8. The first kappa shape index (κ1) is 15.6. The average molecular weight is 367 g/mol. The van der Waals surface area contributed by atoms with E-state index in [1.807, 2.05) is 6.08 Å². The molecule has 1 aliphatic rings. The Hall–Kier alpha value is -0.830. The van der Waals surface area contributed by atoms with Gasteiger partial charge in [-0.05, 0) is 35.0 Å². The van der Waals surface area contributed by atoms with E-state index in [0.29, 0.717) is 12.6 Å². The maximum Gasteiger partial charge on any atom is 0.244 e. The van der Waals surface area contributed by atoms with Gasteiger partial charge in [-0.25, -0.2) is 21.9 Å². The molecule has 2 N–H and O–H groups in total. The van der Waals surface area contributed by atoms with Crippen molar-refractivity contribution in [1.29, 1.82) is 0 Å². The third-order valence-corrected chi connectivity index (χ3v) is 5.24. The Labute approximate surface area is 124 Å². The summed E-state index contributed by atoms with van der Waals surface area (Å²) in [5, 5.41) is 3.11. The van der Waals surface area contributed by atoms with Crippen LogP contribution in [-0.2, 0) is 10.0 Å². The van der Waals surface area contributed by atoms with Crippen molar-refractivity contribution in [3.63, 3.8) is 0 Å². The molecule has 0 spiro atoms. The van der Waals surface area contributed by atoms with Crippen LogP contribution in [0, 0.1) is 11.6 Å². The molecule has 0 atom stereocenters. The van der Waals surface area contributed by atoms with Crippen LogP contribution in [0.3, 0.4) is 0 Å². The van der Waals surface area contributed by atoms with Crippen molar-refractivity contribution >= 4 is 26.0 Å². The van der Waals surface area contributed by atoms with Gasteiger partial charge in [0.2, 0.25) is 10.0 Å². The maximum absolute atomic E-state index is 13.7. The number of hydrogen-bond donors (Lipinski definition) is 2. The lowest BCUT2D eigenvalue weighted by molar-refractivity contribution is 0.541. The Balaban J connectivity index is 2.20. The second-order valence-corrected chi connectivity index (χ2v) is 6.90. The van der Waals surface area contributed by atoms with E-state index >= 15 is 0 Å². The highest BCUT2D eigenvalue weighted by molar-refractivity contribution is 9.10. The summed E-state index contributed by atoms with van der Waals surface area (Å²) in [6.45, 7) is 1.58. The molecule has 1 aliphatic heterocycles. The van der Waals surface area contributed by atoms with Gasteiger partial charge in [0.05, 0.1) is 0 Å². The number of hydrogen-bond acceptors (Lipinski definition) is 3. The van der Waals surface area contributed by atoms with E-state index in [4.69, 9.17) is 0 Å². The standard InChI is InChI=1S/C12H13BrF2N2O2S/c13-10-5-9(14)6-11(15)12(10)20(18,19)17-7-8-1-3-16-4-2-8/h1,5-6,16-17H,2-4,7H2. The second kappa shape index (κ2) is 6.30. The summed E-state index contributed by atoms with van der Waals surface area (Å²) in [4.78, 5) is -0.576. The van der Waals surface area contributed by atoms with Crippen LogP contribution < -0.4 is 10.0 Å². The molecule has 0 radical (unpaired) electrons. The molecule has 0 unspecified atom stereocenters. The van der Waals surface area contributed by atoms with Crippen LogP contribution in [0.5, 0.6) is 0 Å². The molecule has 0 amide bonds. The van der Waals surface area contributed by atoms with E-state index in [9.17, 15) is 17.2 Å². The van der Waals surface area contributed by atoms with Gasteiger partial charge < -0.3 is 5.32 Å². The van der Waals surface area contributed by atoms with Crippen LogP contribution in [0.25, 0.3) is 0 Å². The van der Waals surface area contributed by atoms with Crippen LogP contribution in [0.4, 0.5) is 8.78 Å². The Morgan fingerprint density at radius 3 is 2.70 bits per heavy atom. The summed E-state index contributed by atoms with van der Waals surface area (Å²) < 4.78 is 53.0. The van der Waals surface area contributed by atoms with Crippen molar-refractivity contribution in [2.24, 2.45) is 0 Å². The van der Waals surface area contributed by atoms with E-state index in [0.717, 1.165) is 24.6 Å². The molecular formula is C12H13BrF2N2O2S. The normalized spacial score (nSPS) is 16.1. The molecule has 0 saturated carbocycles. The minimum Gasteiger partial charge on any atom is -0.313 e. The molecule has 0 fully saturated rings. The minimum atomic E-state index is -4.04. The van der Waals surface area contributed by atoms with Gasteiger partial charge in [-0.15, -0.1) is 0 Å². The first-order chi connectivity index (χ1) is 9.40. The van der Waals surface area contributed by atoms with Crippen molar-refractivity contribution in [1.82, 2.24) is 10.0 Å². The van der Waals surface area contributed by atoms with Gasteiger partial charge in [0.15, 0.2) is 0 Å². The van der Waals surface area contributed by atoms with Gasteiger partial charge in [-0.2, -0.15) is 0 Å². The third kappa shape index (κ3) is 3.63. The Morgan fingerprint density at radius 2 is 2.10 bits per heavy atom. The van der Waals surface area contributed by atoms with E-state index in [2.05, 4.69) is 26.0 Å². The number of nitrogens with one attached hydrogen (secondary N) is 2. The topological polar surface area (TPSA) is 58.2 Å². The zero-order valence-electron chi connectivity index (χ0n) is 10.4. The van der Waals surface area contributed by atoms with Crippen LogP contribution in [0.1, 0.15) is 6.42 Å². The van der Waals surface area contributed by atoms with E-state index < -0.39 is 26.6 Å². The van der Waals surface area contributed by atoms with Crippen LogP contribution in [0.2, 0.25) is 0 Å². The number of benzene rings is 1. The van der Waals surface area contributed by atoms with Gasteiger partial charge in [0.1, 0.15) is 16.5 Å². The molecule has 0 aliphatic carbocycles. The van der Waals surface area contributed by atoms with Gasteiger partial charge in [-0.1, -0.05) is 11.6 Å². The Kier molecular flexibility index (Phi) is 4.90. The zero-order chi connectivity index (χ0) is 14.8. The highest BCUT2D eigenvalue weighted by atomic mass is 79.9. The first-order valence-corrected chi connectivity index (χ1v) is 8.20. The lowest BCUT2D eigenvalue weighted by Gasteiger charge is -2.15. The largest absolute Gasteiger partial charge is 0.313 e. The van der Waals surface area contributed by atoms with Gasteiger partial charge in [0, 0.05) is 23.6 Å². The Bertz CT molecular complexity index is 624. The second-order valence-electron chi connectivity index (χ2n) is 4.34. The lowest BCUT2D eigenvalue weighted by Crippen LogP contribution is -2.30. The molecule has 8 heteroatoms. The lowest BCUT2D eigenvalue weighted by atomic mass is 10.1. The predicted octanol–water partition coefficient (Wildman–Crippen LogP) is 1.93. The summed E-state index contributed by atoms with van der Waals surface area (Å²) in [6, 6.07) is 1.46. The maximum atomic E-state index is 13.7. The highest BCUT2D eigenvalue weighted by Gasteiger charge is 2.23. The van der Waals surface area contributed by atoms with Crippen LogP contribution in [-0.4, -0.2) is 28.1 Å². The number of sulfonamides is 1. The van der Waals surface area contributed by atoms with Crippen molar-refractivity contribution in [2.75, 3.05) is 19.6 Å². The quantitative estimate of drug-likeness (QED) is 0.800. The minimum absolute atomic E-state index is 0.118. The number of halogens is 3. The molecular weight excluding hydrogens is 354 g/mol. The fourth-order valence-electron chi connectivity index (χ4n) is 1.88. The Morgan fingerprint density at radius 1 is 1.35 bits per heavy atom. The fourth-order valence-corrected chi connectivity index (χ4v) is 4.07. The van der Waals surface area contributed by atoms with Crippen molar-refractivity contribution < 1.29 is 17.2 Å². The third-order valence-electron chi connectivity index (χ3n) is 2.88. The molecule has 1 aromatic rings. The summed E-state index contributed by atoms with van der Waals surface area (Å²) in [5.74, 6) is -1.96. The highest BCUT2D eigenvalue weighted by Crippen LogP contribution is 2.26. The van der Waals surface area contributed by atoms with Crippen molar-refractivity contribution in [3.8, 4) is 0 Å². The smallest absolute Gasteiger partial charge is 0.244 e. The first-order valence-electron chi connectivity index (χ1n) is 5.93. The molecule has 2 rings (SSSR count). The van der Waals surface area contributed by atoms with Crippen molar-refractivity contribution in [3.05, 3.63) is 39.9 Å². The van der Waals surface area contributed by atoms with E-state index in [1.54, 1.807) is 0 Å². The molecule has 0 saturated heterocycles. The molecule has 1 aromatic carbocycles. The summed E-state index contributed by atoms with van der Waals surface area (Å²) >= 11 is 2.88. The predicted molar refractivity (Wildman–Crippen MR) is 74.8 cm³/mol. The van der Waals surface area contributed by atoms with Crippen molar-refractivity contribution in [2.45, 2.75) is 11.3 Å². The molecule has 20 heavy (non-hydrogen) atoms. The number of rotatable bonds is 4. The summed E-state index contributed by atoms with van der Waals surface area (Å²) in [5.41, 5.74) is 0.936. The molecule has 1 heterocycles. The summed E-state index contributed by atoms with van der Waals surface area (Å²) in [7, 11) is -4.04. The van der Waals surface area contributed by atoms with Crippen LogP contribution in [0.15, 0.2) is 33.2 Å². The molecule has 0 aromatic heterocycles. The molecule has 110 valence electrons. The van der Waals surface area contributed by atoms with Gasteiger partial charge >= 0.3 is 0 Å². The SMILES string of the molecule is O=S(=O)(NCC1=CCNCC1)c1c(F)cc(F)cc1Br. The van der Waals surface area contributed by atoms with Gasteiger partial charge in [-0.3, -0.25) is 0 Å².